The molecule has 4 amide bonds. The molecule has 0 aliphatic carbocycles. The number of hydrogen-bond acceptors (Lipinski definition) is 6. The van der Waals surface area contributed by atoms with Crippen LogP contribution >= 0.6 is 22.6 Å². The van der Waals surface area contributed by atoms with E-state index >= 15 is 0 Å². The first-order chi connectivity index (χ1) is 27.0. The molecule has 0 bridgehead atoms. The predicted octanol–water partition coefficient (Wildman–Crippen LogP) is 3.98. The van der Waals surface area contributed by atoms with E-state index in [1.807, 2.05) is 102 Å². The number of nitrogens with two attached hydrogens (primary N) is 2. The van der Waals surface area contributed by atoms with E-state index in [0.717, 1.165) is 49.4 Å². The Morgan fingerprint density at radius 2 is 1.02 bits per heavy atom. The van der Waals surface area contributed by atoms with Gasteiger partial charge in [-0.2, -0.15) is 0 Å². The average molecular weight is 865 g/mol. The number of para-hydroxylation sites is 3. The fourth-order valence-corrected chi connectivity index (χ4v) is 7.63. The van der Waals surface area contributed by atoms with Crippen molar-refractivity contribution in [2.24, 2.45) is 11.5 Å². The lowest BCUT2D eigenvalue weighted by Gasteiger charge is -2.25. The van der Waals surface area contributed by atoms with E-state index in [9.17, 15) is 24.3 Å². The maximum atomic E-state index is 14.5. The molecule has 286 valence electrons. The van der Waals surface area contributed by atoms with Gasteiger partial charge in [0.25, 0.3) is 0 Å². The van der Waals surface area contributed by atoms with Crippen molar-refractivity contribution >= 4 is 78.9 Å². The number of benzene rings is 4. The highest BCUT2D eigenvalue weighted by atomic mass is 127. The molecule has 7 rings (SSSR count). The lowest BCUT2D eigenvalue weighted by molar-refractivity contribution is -0.133. The first-order valence-electron chi connectivity index (χ1n) is 18.1. The zero-order chi connectivity index (χ0) is 39.3. The zero-order valence-electron chi connectivity index (χ0n) is 30.1. The molecule has 0 fully saturated rings. The lowest BCUT2D eigenvalue weighted by atomic mass is 10.00. The number of fused-ring (bicyclic) bond motifs is 3. The molecule has 0 saturated heterocycles. The van der Waals surface area contributed by atoms with Crippen molar-refractivity contribution in [3.8, 4) is 5.75 Å². The van der Waals surface area contributed by atoms with Crippen LogP contribution in [-0.4, -0.2) is 67.9 Å². The summed E-state index contributed by atoms with van der Waals surface area (Å²) in [6.07, 6.45) is 5.81. The molecule has 3 heterocycles. The van der Waals surface area contributed by atoms with Crippen molar-refractivity contribution in [1.29, 1.82) is 0 Å². The third-order valence-electron chi connectivity index (χ3n) is 10.0. The third-order valence-corrected chi connectivity index (χ3v) is 10.9. The van der Waals surface area contributed by atoms with E-state index in [1.165, 1.54) is 6.07 Å². The number of aromatic nitrogens is 3. The van der Waals surface area contributed by atoms with Gasteiger partial charge >= 0.3 is 0 Å². The van der Waals surface area contributed by atoms with E-state index in [-0.39, 0.29) is 31.4 Å². The summed E-state index contributed by atoms with van der Waals surface area (Å²) >= 11 is 1.97. The zero-order valence-corrected chi connectivity index (χ0v) is 32.3. The summed E-state index contributed by atoms with van der Waals surface area (Å²) in [6, 6.07) is 23.3. The van der Waals surface area contributed by atoms with Gasteiger partial charge in [0.15, 0.2) is 0 Å². The van der Waals surface area contributed by atoms with Crippen LogP contribution in [0.3, 0.4) is 0 Å². The van der Waals surface area contributed by atoms with Crippen LogP contribution in [0.25, 0.3) is 32.7 Å². The molecule has 14 heteroatoms. The van der Waals surface area contributed by atoms with Crippen molar-refractivity contribution in [3.05, 3.63) is 135 Å². The predicted molar refractivity (Wildman–Crippen MR) is 223 cm³/mol. The van der Waals surface area contributed by atoms with Gasteiger partial charge in [-0.25, -0.2) is 0 Å². The maximum Gasteiger partial charge on any atom is 0.243 e. The molecule has 0 radical (unpaired) electrons. The van der Waals surface area contributed by atoms with E-state index in [1.54, 1.807) is 24.5 Å². The fraction of sp³-hybridized carbons (Fsp3) is 0.190. The van der Waals surface area contributed by atoms with Gasteiger partial charge < -0.3 is 47.5 Å². The maximum absolute atomic E-state index is 14.5. The molecule has 0 aliphatic heterocycles. The topological polar surface area (TPSA) is 224 Å². The van der Waals surface area contributed by atoms with Crippen LogP contribution in [0.4, 0.5) is 0 Å². The van der Waals surface area contributed by atoms with Gasteiger partial charge in [-0.15, -0.1) is 0 Å². The standard InChI is InChI=1S/C42H41IN8O5/c43-30-15-23(13-14-38(30)52)16-35(39(45)53)49-41(55)37(19-26-22-48-34-12-6-3-9-29(26)34)51-42(56)36(18-25-21-47-33-11-5-2-8-28(25)33)50-40(54)31(44)17-24-20-46-32-10-4-1-7-27(24)32/h1-15,20-22,31,35-37,46-48,52H,16-19,44H2,(H2,45,53)(H,49,55)(H,50,54)(H,51,56)/t31-,35+,36-,37+/m1/s1. The molecule has 11 N–H and O–H groups in total. The Morgan fingerprint density at radius 3 is 1.48 bits per heavy atom. The summed E-state index contributed by atoms with van der Waals surface area (Å²) in [6.45, 7) is 0. The Hall–Kier alpha value is -6.13. The highest BCUT2D eigenvalue weighted by Gasteiger charge is 2.32. The number of primary amides is 1. The second kappa shape index (κ2) is 16.7. The van der Waals surface area contributed by atoms with Gasteiger partial charge in [-0.3, -0.25) is 19.2 Å². The average Bonchev–Trinajstić information content (AvgIpc) is 3.92. The van der Waals surface area contributed by atoms with Crippen LogP contribution in [0.2, 0.25) is 0 Å². The summed E-state index contributed by atoms with van der Waals surface area (Å²) < 4.78 is 0.573. The van der Waals surface area contributed by atoms with Crippen molar-refractivity contribution in [1.82, 2.24) is 30.9 Å². The first-order valence-corrected chi connectivity index (χ1v) is 19.2. The number of phenolic OH excluding ortho intramolecular Hbond substituents is 1. The monoisotopic (exact) mass is 864 g/mol. The summed E-state index contributed by atoms with van der Waals surface area (Å²) in [4.78, 5) is 64.8. The lowest BCUT2D eigenvalue weighted by Crippen LogP contribution is -2.58. The van der Waals surface area contributed by atoms with Gasteiger partial charge in [0.05, 0.1) is 9.61 Å². The van der Waals surface area contributed by atoms with Crippen LogP contribution in [0.1, 0.15) is 22.3 Å². The largest absolute Gasteiger partial charge is 0.507 e. The molecular weight excluding hydrogens is 823 g/mol. The SMILES string of the molecule is NC(=O)[C@H](Cc1ccc(O)c(I)c1)NC(=O)[C@H](Cc1c[nH]c2ccccc12)NC(=O)[C@@H](Cc1c[nH]c2ccccc12)NC(=O)[C@H](N)Cc1c[nH]c2ccccc12. The number of aromatic hydroxyl groups is 1. The number of phenols is 1. The quantitative estimate of drug-likeness (QED) is 0.0694. The minimum Gasteiger partial charge on any atom is -0.507 e. The number of aromatic amines is 3. The van der Waals surface area contributed by atoms with Crippen LogP contribution < -0.4 is 27.4 Å². The van der Waals surface area contributed by atoms with Gasteiger partial charge in [0, 0.05) is 70.6 Å². The van der Waals surface area contributed by atoms with E-state index < -0.39 is 47.8 Å². The van der Waals surface area contributed by atoms with Crippen molar-refractivity contribution in [2.45, 2.75) is 49.9 Å². The second-order valence-electron chi connectivity index (χ2n) is 13.9. The Balaban J connectivity index is 1.16. The van der Waals surface area contributed by atoms with Gasteiger partial charge in [0.2, 0.25) is 23.6 Å². The Morgan fingerprint density at radius 1 is 0.589 bits per heavy atom. The molecule has 0 unspecified atom stereocenters. The van der Waals surface area contributed by atoms with Crippen LogP contribution in [0, 0.1) is 3.57 Å². The van der Waals surface area contributed by atoms with Crippen molar-refractivity contribution in [3.63, 3.8) is 0 Å². The fourth-order valence-electron chi connectivity index (χ4n) is 7.05. The first kappa shape index (κ1) is 38.2. The highest BCUT2D eigenvalue weighted by molar-refractivity contribution is 14.1. The van der Waals surface area contributed by atoms with Gasteiger partial charge in [0.1, 0.15) is 23.9 Å². The smallest absolute Gasteiger partial charge is 0.243 e. The molecule has 4 aromatic carbocycles. The number of rotatable bonds is 15. The van der Waals surface area contributed by atoms with Gasteiger partial charge in [-0.05, 0) is 81.6 Å². The third kappa shape index (κ3) is 8.56. The van der Waals surface area contributed by atoms with Crippen molar-refractivity contribution < 1.29 is 24.3 Å². The van der Waals surface area contributed by atoms with Crippen LogP contribution in [0.15, 0.2) is 110 Å². The summed E-state index contributed by atoms with van der Waals surface area (Å²) in [5.41, 5.74) is 17.9. The molecule has 0 spiro atoms. The Kier molecular flexibility index (Phi) is 11.4. The molecule has 4 atom stereocenters. The molecule has 0 saturated carbocycles. The molecule has 56 heavy (non-hydrogen) atoms. The van der Waals surface area contributed by atoms with E-state index in [2.05, 4.69) is 30.9 Å². The minimum absolute atomic E-state index is 0.0536. The second-order valence-corrected chi connectivity index (χ2v) is 15.0. The molecule has 7 aromatic rings. The number of halogens is 1. The number of hydrogen-bond donors (Lipinski definition) is 9. The summed E-state index contributed by atoms with van der Waals surface area (Å²) in [7, 11) is 0. The molecule has 13 nitrogen and oxygen atoms in total. The highest BCUT2D eigenvalue weighted by Crippen LogP contribution is 2.24. The summed E-state index contributed by atoms with van der Waals surface area (Å²) in [5.74, 6) is -2.48. The number of H-pyrrole nitrogens is 3. The van der Waals surface area contributed by atoms with E-state index in [4.69, 9.17) is 11.5 Å². The van der Waals surface area contributed by atoms with Crippen LogP contribution in [-0.2, 0) is 44.9 Å². The summed E-state index contributed by atoms with van der Waals surface area (Å²) in [5, 5.41) is 21.2. The Labute approximate surface area is 335 Å². The van der Waals surface area contributed by atoms with Gasteiger partial charge in [-0.1, -0.05) is 60.7 Å². The molecule has 3 aromatic heterocycles. The molecule has 0 aliphatic rings. The number of nitrogens with one attached hydrogen (secondary N) is 6. The normalized spacial score (nSPS) is 13.6. The molecular formula is C42H41IN8O5. The van der Waals surface area contributed by atoms with E-state index in [0.29, 0.717) is 9.13 Å². The number of amides is 4. The van der Waals surface area contributed by atoms with Crippen molar-refractivity contribution in [2.75, 3.05) is 0 Å². The minimum atomic E-state index is -1.19. The van der Waals surface area contributed by atoms with Crippen LogP contribution in [0.5, 0.6) is 5.75 Å². The Bertz CT molecular complexity index is 2560. The number of carbonyl (C=O) groups is 4. The number of carbonyl (C=O) groups excluding carboxylic acids is 4.